The number of hydrogen-bond donors (Lipinski definition) is 0. The number of carbonyl (C=O) groups is 12. The normalized spacial score (nSPS) is 11.2. The fourth-order valence-corrected chi connectivity index (χ4v) is 5.42. The van der Waals surface area contributed by atoms with Crippen molar-refractivity contribution in [3.8, 4) is 0 Å². The number of carbonyl (C=O) groups excluding carboxylic acids is 12. The predicted molar refractivity (Wildman–Crippen MR) is 317 cm³/mol. The molecule has 0 radical (unpaired) electrons. The van der Waals surface area contributed by atoms with Crippen molar-refractivity contribution < 1.29 is 145 Å². The van der Waals surface area contributed by atoms with Crippen molar-refractivity contribution in [1.82, 2.24) is 0 Å². The molecule has 0 spiro atoms. The van der Waals surface area contributed by atoms with Crippen LogP contribution in [-0.2, 0) is 114 Å². The molecule has 528 valence electrons. The van der Waals surface area contributed by atoms with Gasteiger partial charge < -0.3 is 116 Å². The minimum atomic E-state index is -1.43. The van der Waals surface area contributed by atoms with Crippen LogP contribution >= 0.6 is 0 Å². The zero-order valence-corrected chi connectivity index (χ0v) is 60.3. The van der Waals surface area contributed by atoms with Crippen molar-refractivity contribution in [2.45, 2.75) is 316 Å². The Kier molecular flexibility index (Phi) is 66.3. The Morgan fingerprint density at radius 3 is 0.293 bits per heavy atom. The third kappa shape index (κ3) is 72.8. The fourth-order valence-electron chi connectivity index (χ4n) is 5.42. The standard InChI is InChI=1S/6C10H18O5.2Al/c6*1-6(2)14-10(15-7(3)4)8(11)5-9(12)13;;/h6*6-7,10H,5H2,1-4H3,(H,12,13);;/q;;;;;;2*+3/p-6. The third-order valence-electron chi connectivity index (χ3n) is 8.24. The topological polar surface area (TPSA) is 454 Å². The summed E-state index contributed by atoms with van der Waals surface area (Å²) in [6.07, 6.45) is -13.4. The van der Waals surface area contributed by atoms with Crippen LogP contribution in [0.25, 0.3) is 0 Å². The third-order valence-corrected chi connectivity index (χ3v) is 8.24. The first kappa shape index (κ1) is 104. The molecular weight excluding hydrogens is 1250 g/mol. The van der Waals surface area contributed by atoms with Crippen LogP contribution in [0, 0.1) is 0 Å². The molecule has 0 amide bonds. The van der Waals surface area contributed by atoms with Gasteiger partial charge in [-0.15, -0.1) is 0 Å². The molecule has 0 saturated carbocycles. The Morgan fingerprint density at radius 1 is 0.185 bits per heavy atom. The molecular formula is C60H102Al2O30. The van der Waals surface area contributed by atoms with Gasteiger partial charge in [-0.3, -0.25) is 28.8 Å². The molecule has 0 unspecified atom stereocenters. The Hall–Kier alpha value is -4.58. The summed E-state index contributed by atoms with van der Waals surface area (Å²) in [5, 5.41) is 61.5. The molecule has 0 heterocycles. The molecule has 0 aromatic heterocycles. The molecule has 0 rings (SSSR count). The summed E-state index contributed by atoms with van der Waals surface area (Å²) >= 11 is 0. The molecule has 0 aliphatic carbocycles. The molecule has 0 atom stereocenters. The Bertz CT molecular complexity index is 1660. The number of aliphatic carboxylic acids is 6. The monoisotopic (exact) mass is 1360 g/mol. The van der Waals surface area contributed by atoms with Gasteiger partial charge in [-0.2, -0.15) is 0 Å². The summed E-state index contributed by atoms with van der Waals surface area (Å²) in [5.74, 6) is -12.3. The van der Waals surface area contributed by atoms with Crippen LogP contribution in [0.4, 0.5) is 0 Å². The van der Waals surface area contributed by atoms with E-state index in [0.717, 1.165) is 0 Å². The van der Waals surface area contributed by atoms with Gasteiger partial charge in [0.25, 0.3) is 0 Å². The van der Waals surface area contributed by atoms with E-state index in [1.807, 2.05) is 0 Å². The van der Waals surface area contributed by atoms with E-state index in [1.54, 1.807) is 166 Å². The van der Waals surface area contributed by atoms with Gasteiger partial charge in [-0.05, 0) is 166 Å². The van der Waals surface area contributed by atoms with Crippen molar-refractivity contribution in [1.29, 1.82) is 0 Å². The van der Waals surface area contributed by atoms with Crippen LogP contribution in [0.1, 0.15) is 205 Å². The maximum Gasteiger partial charge on any atom is 3.00 e. The van der Waals surface area contributed by atoms with Gasteiger partial charge in [-0.25, -0.2) is 0 Å². The number of carboxylic acids is 6. The molecule has 0 fully saturated rings. The minimum absolute atomic E-state index is 0. The average Bonchev–Trinajstić information content (AvgIpc) is 3.31. The van der Waals surface area contributed by atoms with Crippen LogP contribution in [0.3, 0.4) is 0 Å². The van der Waals surface area contributed by atoms with E-state index >= 15 is 0 Å². The maximum absolute atomic E-state index is 11.4. The second kappa shape index (κ2) is 59.0. The van der Waals surface area contributed by atoms with E-state index in [1.165, 1.54) is 0 Å². The van der Waals surface area contributed by atoms with E-state index in [9.17, 15) is 88.2 Å². The van der Waals surface area contributed by atoms with Gasteiger partial charge >= 0.3 is 34.7 Å². The largest absolute Gasteiger partial charge is 3.00 e. The van der Waals surface area contributed by atoms with Crippen LogP contribution in [0.5, 0.6) is 0 Å². The molecule has 92 heavy (non-hydrogen) atoms. The van der Waals surface area contributed by atoms with Crippen molar-refractivity contribution >= 4 is 105 Å². The van der Waals surface area contributed by atoms with E-state index < -0.39 is 147 Å². The van der Waals surface area contributed by atoms with E-state index in [4.69, 9.17) is 56.8 Å². The van der Waals surface area contributed by atoms with E-state index in [-0.39, 0.29) is 108 Å². The van der Waals surface area contributed by atoms with Crippen LogP contribution in [0.15, 0.2) is 0 Å². The van der Waals surface area contributed by atoms with Crippen molar-refractivity contribution in [2.75, 3.05) is 0 Å². The molecule has 0 aromatic carbocycles. The number of ketones is 6. The average molecular weight is 1360 g/mol. The predicted octanol–water partition coefficient (Wildman–Crippen LogP) is -1.53. The summed E-state index contributed by atoms with van der Waals surface area (Å²) in [6, 6.07) is 0. The smallest absolute Gasteiger partial charge is 0.550 e. The molecule has 30 nitrogen and oxygen atoms in total. The summed E-state index contributed by atoms with van der Waals surface area (Å²) in [5.41, 5.74) is 0. The molecule has 32 heteroatoms. The van der Waals surface area contributed by atoms with Crippen LogP contribution in [0.2, 0.25) is 0 Å². The Balaban J connectivity index is -0.000000153. The summed E-state index contributed by atoms with van der Waals surface area (Å²) in [6.45, 7) is 41.7. The maximum atomic E-state index is 11.4. The van der Waals surface area contributed by atoms with Gasteiger partial charge in [0.15, 0.2) is 34.7 Å². The van der Waals surface area contributed by atoms with Crippen molar-refractivity contribution in [3.05, 3.63) is 0 Å². The second-order valence-corrected chi connectivity index (χ2v) is 22.3. The van der Waals surface area contributed by atoms with Crippen LogP contribution in [-0.4, -0.2) is 216 Å². The molecule has 0 N–H and O–H groups in total. The number of carboxylic acid groups (broad SMARTS) is 6. The van der Waals surface area contributed by atoms with E-state index in [2.05, 4.69) is 0 Å². The molecule has 0 aliphatic rings. The first-order chi connectivity index (χ1) is 40.9. The number of ether oxygens (including phenoxy) is 12. The zero-order chi connectivity index (χ0) is 72.0. The molecule has 0 aromatic rings. The molecule has 0 saturated heterocycles. The number of hydrogen-bond acceptors (Lipinski definition) is 30. The Morgan fingerprint density at radius 2 is 0.250 bits per heavy atom. The van der Waals surface area contributed by atoms with E-state index in [0.29, 0.717) is 0 Å². The van der Waals surface area contributed by atoms with Crippen molar-refractivity contribution in [3.63, 3.8) is 0 Å². The van der Waals surface area contributed by atoms with Gasteiger partial charge in [0.2, 0.25) is 37.7 Å². The van der Waals surface area contributed by atoms with Crippen LogP contribution < -0.4 is 30.6 Å². The summed E-state index contributed by atoms with van der Waals surface area (Å²) in [4.78, 5) is 130. The first-order valence-corrected chi connectivity index (χ1v) is 29.2. The number of Topliss-reactive ketones (excluding diaryl/α,β-unsaturated/α-hetero) is 6. The van der Waals surface area contributed by atoms with Gasteiger partial charge in [-0.1, -0.05) is 0 Å². The van der Waals surface area contributed by atoms with Gasteiger partial charge in [0.05, 0.1) is 112 Å². The molecule has 0 bridgehead atoms. The number of rotatable bonds is 42. The fraction of sp³-hybridized carbons (Fsp3) is 0.800. The summed E-state index contributed by atoms with van der Waals surface area (Å²) in [7, 11) is 0. The summed E-state index contributed by atoms with van der Waals surface area (Å²) < 4.78 is 61.9. The van der Waals surface area contributed by atoms with Gasteiger partial charge in [0, 0.05) is 35.8 Å². The van der Waals surface area contributed by atoms with Crippen molar-refractivity contribution in [2.24, 2.45) is 0 Å². The van der Waals surface area contributed by atoms with Gasteiger partial charge in [0.1, 0.15) is 0 Å². The quantitative estimate of drug-likeness (QED) is 0.0380. The Labute approximate surface area is 563 Å². The SMILES string of the molecule is CC(C)OC(OC(C)C)C(=O)CC(=O)[O-].CC(C)OC(OC(C)C)C(=O)CC(=O)[O-].CC(C)OC(OC(C)C)C(=O)CC(=O)[O-].CC(C)OC(OC(C)C)C(=O)CC(=O)[O-].CC(C)OC(OC(C)C)C(=O)CC(=O)[O-].CC(C)OC(OC(C)C)C(=O)CC(=O)[O-].[Al+3].[Al+3]. The zero-order valence-electron chi connectivity index (χ0n) is 58.0. The second-order valence-electron chi connectivity index (χ2n) is 22.3. The minimum Gasteiger partial charge on any atom is -0.550 e. The first-order valence-electron chi connectivity index (χ1n) is 29.2. The molecule has 0 aliphatic heterocycles.